The SMILES string of the molecule is c1ccc(-c2ccc(N(c3ccc(-c4cccc5ccccc45)cc3)c3cccc(-c4cccc5c4c4ccccc4n5-c4cccc5c4sc4ccccc45)c3)cc2)cc1. The lowest BCUT2D eigenvalue weighted by atomic mass is 9.97. The van der Waals surface area contributed by atoms with Crippen molar-refractivity contribution in [3.63, 3.8) is 0 Å². The van der Waals surface area contributed by atoms with Crippen LogP contribution in [0.1, 0.15) is 0 Å². The molecule has 0 N–H and O–H groups in total. The molecule has 3 heteroatoms. The summed E-state index contributed by atoms with van der Waals surface area (Å²) in [7, 11) is 0. The van der Waals surface area contributed by atoms with Gasteiger partial charge in [0, 0.05) is 43.3 Å². The first-order valence-corrected chi connectivity index (χ1v) is 21.7. The topological polar surface area (TPSA) is 8.17 Å². The van der Waals surface area contributed by atoms with Crippen molar-refractivity contribution in [2.45, 2.75) is 0 Å². The van der Waals surface area contributed by atoms with E-state index in [1.807, 2.05) is 11.3 Å². The molecule has 10 aromatic carbocycles. The maximum atomic E-state index is 2.48. The molecule has 0 radical (unpaired) electrons. The average Bonchev–Trinajstić information content (AvgIpc) is 3.89. The maximum Gasteiger partial charge on any atom is 0.0640 e. The Morgan fingerprint density at radius 2 is 0.918 bits per heavy atom. The Morgan fingerprint density at radius 3 is 1.75 bits per heavy atom. The fourth-order valence-corrected chi connectivity index (χ4v) is 10.6. The Morgan fingerprint density at radius 1 is 0.344 bits per heavy atom. The van der Waals surface area contributed by atoms with Gasteiger partial charge in [0.1, 0.15) is 0 Å². The molecule has 12 aromatic rings. The van der Waals surface area contributed by atoms with Crippen LogP contribution in [0.25, 0.3) is 91.8 Å². The number of aromatic nitrogens is 1. The summed E-state index contributed by atoms with van der Waals surface area (Å²) >= 11 is 1.88. The second-order valence-electron chi connectivity index (χ2n) is 15.7. The molecule has 2 heterocycles. The molecule has 0 unspecified atom stereocenters. The fourth-order valence-electron chi connectivity index (χ4n) is 9.39. The van der Waals surface area contributed by atoms with Gasteiger partial charge in [0.25, 0.3) is 0 Å². The van der Waals surface area contributed by atoms with E-state index in [1.54, 1.807) is 0 Å². The molecule has 286 valence electrons. The van der Waals surface area contributed by atoms with E-state index in [0.717, 1.165) is 17.1 Å². The van der Waals surface area contributed by atoms with Crippen LogP contribution in [-0.2, 0) is 0 Å². The predicted octanol–water partition coefficient (Wildman–Crippen LogP) is 16.8. The molecule has 0 spiro atoms. The number of benzene rings is 10. The van der Waals surface area contributed by atoms with Gasteiger partial charge in [0.15, 0.2) is 0 Å². The van der Waals surface area contributed by atoms with E-state index in [1.165, 1.54) is 91.8 Å². The largest absolute Gasteiger partial charge is 0.310 e. The molecule has 0 atom stereocenters. The summed E-state index contributed by atoms with van der Waals surface area (Å²) < 4.78 is 5.10. The maximum absolute atomic E-state index is 2.48. The number of rotatable bonds is 7. The van der Waals surface area contributed by atoms with Crippen molar-refractivity contribution in [2.75, 3.05) is 4.90 Å². The molecule has 0 aliphatic heterocycles. The standard InChI is InChI=1S/C58H38N2S/c1-2-14-39(15-3-1)40-30-34-44(35-31-40)59(45-36-32-42(33-37-45)48-23-11-17-41-16-4-5-20-47(41)48)46-19-10-18-43(38-46)49-24-12-27-54-57(49)52-22-6-8-26-53(52)60(54)55-28-13-25-51-50-21-7-9-29-56(50)61-58(51)55/h1-38H. The zero-order valence-electron chi connectivity index (χ0n) is 33.2. The van der Waals surface area contributed by atoms with Crippen LogP contribution in [0.2, 0.25) is 0 Å². The van der Waals surface area contributed by atoms with E-state index in [9.17, 15) is 0 Å². The monoisotopic (exact) mass is 794 g/mol. The molecule has 2 nitrogen and oxygen atoms in total. The third-order valence-corrected chi connectivity index (χ3v) is 13.4. The van der Waals surface area contributed by atoms with Crippen LogP contribution in [0.15, 0.2) is 231 Å². The zero-order valence-corrected chi connectivity index (χ0v) is 34.1. The van der Waals surface area contributed by atoms with Gasteiger partial charge in [-0.25, -0.2) is 0 Å². The third-order valence-electron chi connectivity index (χ3n) is 12.2. The van der Waals surface area contributed by atoms with E-state index in [4.69, 9.17) is 0 Å². The number of nitrogens with zero attached hydrogens (tertiary/aromatic N) is 2. The lowest BCUT2D eigenvalue weighted by molar-refractivity contribution is 1.20. The molecular weight excluding hydrogens is 757 g/mol. The number of hydrogen-bond acceptors (Lipinski definition) is 2. The van der Waals surface area contributed by atoms with Crippen LogP contribution in [-0.4, -0.2) is 4.57 Å². The molecule has 0 aliphatic rings. The molecule has 0 saturated heterocycles. The van der Waals surface area contributed by atoms with Gasteiger partial charge in [-0.3, -0.25) is 0 Å². The van der Waals surface area contributed by atoms with Gasteiger partial charge in [-0.1, -0.05) is 170 Å². The van der Waals surface area contributed by atoms with E-state index >= 15 is 0 Å². The fraction of sp³-hybridized carbons (Fsp3) is 0. The summed E-state index contributed by atoms with van der Waals surface area (Å²) in [6, 6.07) is 84.1. The highest BCUT2D eigenvalue weighted by atomic mass is 32.1. The van der Waals surface area contributed by atoms with Crippen molar-refractivity contribution in [1.82, 2.24) is 4.57 Å². The first kappa shape index (κ1) is 35.2. The number of fused-ring (bicyclic) bond motifs is 7. The van der Waals surface area contributed by atoms with Gasteiger partial charge < -0.3 is 9.47 Å². The highest BCUT2D eigenvalue weighted by Crippen LogP contribution is 2.45. The van der Waals surface area contributed by atoms with Crippen molar-refractivity contribution in [2.24, 2.45) is 0 Å². The zero-order chi connectivity index (χ0) is 40.3. The molecule has 0 fully saturated rings. The van der Waals surface area contributed by atoms with Gasteiger partial charge in [0.2, 0.25) is 0 Å². The van der Waals surface area contributed by atoms with Crippen molar-refractivity contribution in [3.05, 3.63) is 231 Å². The molecule has 0 saturated carbocycles. The minimum atomic E-state index is 1.10. The number of hydrogen-bond donors (Lipinski definition) is 0. The third kappa shape index (κ3) is 5.93. The minimum absolute atomic E-state index is 1.10. The number of anilines is 3. The van der Waals surface area contributed by atoms with E-state index in [0.29, 0.717) is 0 Å². The van der Waals surface area contributed by atoms with Crippen LogP contribution < -0.4 is 4.90 Å². The van der Waals surface area contributed by atoms with Crippen molar-refractivity contribution in [1.29, 1.82) is 0 Å². The molecule has 12 rings (SSSR count). The van der Waals surface area contributed by atoms with Crippen molar-refractivity contribution >= 4 is 81.1 Å². The normalized spacial score (nSPS) is 11.6. The van der Waals surface area contributed by atoms with Crippen LogP contribution in [0.3, 0.4) is 0 Å². The summed E-state index contributed by atoms with van der Waals surface area (Å²) in [5, 5.41) is 7.62. The quantitative estimate of drug-likeness (QED) is 0.156. The lowest BCUT2D eigenvalue weighted by Gasteiger charge is -2.26. The number of thiophene rings is 1. The van der Waals surface area contributed by atoms with Crippen LogP contribution in [0, 0.1) is 0 Å². The van der Waals surface area contributed by atoms with Gasteiger partial charge in [0.05, 0.1) is 21.4 Å². The smallest absolute Gasteiger partial charge is 0.0640 e. The minimum Gasteiger partial charge on any atom is -0.310 e. The molecule has 61 heavy (non-hydrogen) atoms. The van der Waals surface area contributed by atoms with Crippen LogP contribution in [0.4, 0.5) is 17.1 Å². The second kappa shape index (κ2) is 14.5. The predicted molar refractivity (Wildman–Crippen MR) is 262 cm³/mol. The second-order valence-corrected chi connectivity index (χ2v) is 16.7. The summed E-state index contributed by atoms with van der Waals surface area (Å²) in [6.45, 7) is 0. The Bertz CT molecular complexity index is 3570. The lowest BCUT2D eigenvalue weighted by Crippen LogP contribution is -2.10. The Hall–Kier alpha value is -7.72. The van der Waals surface area contributed by atoms with Gasteiger partial charge in [-0.05, 0) is 105 Å². The summed E-state index contributed by atoms with van der Waals surface area (Å²) in [5.74, 6) is 0. The van der Waals surface area contributed by atoms with Crippen molar-refractivity contribution < 1.29 is 0 Å². The summed E-state index contributed by atoms with van der Waals surface area (Å²) in [4.78, 5) is 2.39. The van der Waals surface area contributed by atoms with E-state index < -0.39 is 0 Å². The van der Waals surface area contributed by atoms with Crippen LogP contribution >= 0.6 is 11.3 Å². The molecule has 0 bridgehead atoms. The average molecular weight is 795 g/mol. The van der Waals surface area contributed by atoms with Crippen molar-refractivity contribution in [3.8, 4) is 39.1 Å². The first-order chi connectivity index (χ1) is 30.3. The van der Waals surface area contributed by atoms with E-state index in [2.05, 4.69) is 240 Å². The van der Waals surface area contributed by atoms with E-state index in [-0.39, 0.29) is 0 Å². The number of para-hydroxylation sites is 1. The molecule has 2 aromatic heterocycles. The molecule has 0 aliphatic carbocycles. The van der Waals surface area contributed by atoms with Crippen LogP contribution in [0.5, 0.6) is 0 Å². The Balaban J connectivity index is 1.01. The Kier molecular flexibility index (Phi) is 8.39. The van der Waals surface area contributed by atoms with Gasteiger partial charge >= 0.3 is 0 Å². The molecular formula is C58H38N2S. The Labute approximate surface area is 358 Å². The summed E-state index contributed by atoms with van der Waals surface area (Å²) in [5.41, 5.74) is 14.1. The highest BCUT2D eigenvalue weighted by molar-refractivity contribution is 7.26. The van der Waals surface area contributed by atoms with Gasteiger partial charge in [-0.15, -0.1) is 11.3 Å². The van der Waals surface area contributed by atoms with Gasteiger partial charge in [-0.2, -0.15) is 0 Å². The summed E-state index contributed by atoms with van der Waals surface area (Å²) in [6.07, 6.45) is 0. The first-order valence-electron chi connectivity index (χ1n) is 20.8. The molecule has 0 amide bonds. The highest BCUT2D eigenvalue weighted by Gasteiger charge is 2.20.